The Labute approximate surface area is 113 Å². The number of H-pyrrole nitrogens is 1. The highest BCUT2D eigenvalue weighted by Gasteiger charge is 2.10. The Morgan fingerprint density at radius 1 is 1.28 bits per heavy atom. The molecular formula is C12H10N4S2. The highest BCUT2D eigenvalue weighted by molar-refractivity contribution is 7.73. The SMILES string of the molecule is Cc1cc(-c2n[nH]c(=S)s2)nn1-c1ccccc1. The summed E-state index contributed by atoms with van der Waals surface area (Å²) in [6.07, 6.45) is 0. The highest BCUT2D eigenvalue weighted by atomic mass is 32.1. The molecule has 4 nitrogen and oxygen atoms in total. The van der Waals surface area contributed by atoms with Crippen LogP contribution in [0.2, 0.25) is 0 Å². The molecule has 0 saturated carbocycles. The first-order chi connectivity index (χ1) is 8.74. The maximum atomic E-state index is 5.03. The van der Waals surface area contributed by atoms with E-state index < -0.39 is 0 Å². The van der Waals surface area contributed by atoms with E-state index in [1.807, 2.05) is 48.0 Å². The van der Waals surface area contributed by atoms with E-state index in [2.05, 4.69) is 15.3 Å². The second-order valence-electron chi connectivity index (χ2n) is 3.84. The van der Waals surface area contributed by atoms with Gasteiger partial charge in [-0.25, -0.2) is 4.68 Å². The van der Waals surface area contributed by atoms with Gasteiger partial charge in [0.25, 0.3) is 0 Å². The first-order valence-electron chi connectivity index (χ1n) is 5.42. The third kappa shape index (κ3) is 2.00. The van der Waals surface area contributed by atoms with Gasteiger partial charge in [0.2, 0.25) is 0 Å². The van der Waals surface area contributed by atoms with Gasteiger partial charge in [-0.1, -0.05) is 29.5 Å². The number of aryl methyl sites for hydroxylation is 1. The number of aromatic nitrogens is 4. The number of nitrogens with zero attached hydrogens (tertiary/aromatic N) is 3. The average molecular weight is 274 g/mol. The first-order valence-corrected chi connectivity index (χ1v) is 6.64. The fourth-order valence-electron chi connectivity index (χ4n) is 1.75. The van der Waals surface area contributed by atoms with Crippen LogP contribution in [0, 0.1) is 10.9 Å². The summed E-state index contributed by atoms with van der Waals surface area (Å²) < 4.78 is 2.57. The molecule has 2 heterocycles. The second-order valence-corrected chi connectivity index (χ2v) is 5.50. The summed E-state index contributed by atoms with van der Waals surface area (Å²) >= 11 is 6.46. The van der Waals surface area contributed by atoms with Crippen molar-refractivity contribution >= 4 is 23.6 Å². The van der Waals surface area contributed by atoms with Gasteiger partial charge in [0, 0.05) is 5.69 Å². The summed E-state index contributed by atoms with van der Waals surface area (Å²) in [7, 11) is 0. The summed E-state index contributed by atoms with van der Waals surface area (Å²) in [5.74, 6) is 0. The Kier molecular flexibility index (Phi) is 2.81. The minimum atomic E-state index is 0.664. The zero-order valence-corrected chi connectivity index (χ0v) is 11.3. The maximum absolute atomic E-state index is 5.03. The van der Waals surface area contributed by atoms with Crippen LogP contribution in [-0.4, -0.2) is 20.0 Å². The van der Waals surface area contributed by atoms with E-state index in [0.29, 0.717) is 3.95 Å². The average Bonchev–Trinajstić information content (AvgIpc) is 2.97. The first kappa shape index (κ1) is 11.3. The molecule has 1 aromatic carbocycles. The van der Waals surface area contributed by atoms with Crippen LogP contribution in [0.5, 0.6) is 0 Å². The van der Waals surface area contributed by atoms with Crippen LogP contribution >= 0.6 is 23.6 Å². The minimum Gasteiger partial charge on any atom is -0.258 e. The van der Waals surface area contributed by atoms with Crippen LogP contribution in [-0.2, 0) is 0 Å². The summed E-state index contributed by atoms with van der Waals surface area (Å²) in [5, 5.41) is 12.3. The molecule has 0 atom stereocenters. The van der Waals surface area contributed by atoms with E-state index in [-0.39, 0.29) is 0 Å². The van der Waals surface area contributed by atoms with Gasteiger partial charge in [-0.15, -0.1) is 0 Å². The smallest absolute Gasteiger partial charge is 0.176 e. The molecule has 90 valence electrons. The molecule has 1 N–H and O–H groups in total. The van der Waals surface area contributed by atoms with Crippen LogP contribution in [0.15, 0.2) is 36.4 Å². The lowest BCUT2D eigenvalue weighted by atomic mass is 10.3. The highest BCUT2D eigenvalue weighted by Crippen LogP contribution is 2.22. The Bertz CT molecular complexity index is 724. The molecule has 0 aliphatic rings. The van der Waals surface area contributed by atoms with Crippen LogP contribution in [0.4, 0.5) is 0 Å². The van der Waals surface area contributed by atoms with Crippen molar-refractivity contribution in [3.05, 3.63) is 46.0 Å². The number of para-hydroxylation sites is 1. The topological polar surface area (TPSA) is 46.5 Å². The maximum Gasteiger partial charge on any atom is 0.176 e. The molecule has 0 fully saturated rings. The lowest BCUT2D eigenvalue weighted by molar-refractivity contribution is 0.849. The molecule has 0 radical (unpaired) electrons. The lowest BCUT2D eigenvalue weighted by Crippen LogP contribution is -1.98. The monoisotopic (exact) mass is 274 g/mol. The third-order valence-corrected chi connectivity index (χ3v) is 3.66. The van der Waals surface area contributed by atoms with Crippen LogP contribution in [0.25, 0.3) is 16.4 Å². The quantitative estimate of drug-likeness (QED) is 0.729. The summed E-state index contributed by atoms with van der Waals surface area (Å²) in [5.41, 5.74) is 2.95. The largest absolute Gasteiger partial charge is 0.258 e. The zero-order valence-electron chi connectivity index (χ0n) is 9.62. The molecule has 0 aliphatic carbocycles. The van der Waals surface area contributed by atoms with Gasteiger partial charge < -0.3 is 0 Å². The number of benzene rings is 1. The van der Waals surface area contributed by atoms with Gasteiger partial charge >= 0.3 is 0 Å². The van der Waals surface area contributed by atoms with E-state index in [1.165, 1.54) is 11.3 Å². The van der Waals surface area contributed by atoms with Crippen molar-refractivity contribution in [2.24, 2.45) is 0 Å². The molecule has 0 bridgehead atoms. The van der Waals surface area contributed by atoms with E-state index in [4.69, 9.17) is 12.2 Å². The predicted octanol–water partition coefficient (Wildman–Crippen LogP) is 3.36. The molecule has 0 unspecified atom stereocenters. The molecular weight excluding hydrogens is 264 g/mol. The van der Waals surface area contributed by atoms with E-state index in [9.17, 15) is 0 Å². The third-order valence-electron chi connectivity index (χ3n) is 2.55. The van der Waals surface area contributed by atoms with Gasteiger partial charge in [-0.2, -0.15) is 10.2 Å². The van der Waals surface area contributed by atoms with Crippen molar-refractivity contribution < 1.29 is 0 Å². The van der Waals surface area contributed by atoms with Gasteiger partial charge in [-0.05, 0) is 37.3 Å². The molecule has 0 amide bonds. The number of rotatable bonds is 2. The minimum absolute atomic E-state index is 0.664. The normalized spacial score (nSPS) is 10.7. The Hall–Kier alpha value is -1.79. The van der Waals surface area contributed by atoms with E-state index >= 15 is 0 Å². The van der Waals surface area contributed by atoms with E-state index in [1.54, 1.807) is 0 Å². The zero-order chi connectivity index (χ0) is 12.5. The summed E-state index contributed by atoms with van der Waals surface area (Å²) in [4.78, 5) is 0. The van der Waals surface area contributed by atoms with Gasteiger partial charge in [0.05, 0.1) is 5.69 Å². The Morgan fingerprint density at radius 2 is 2.06 bits per heavy atom. The van der Waals surface area contributed by atoms with Gasteiger partial charge in [0.1, 0.15) is 5.69 Å². The molecule has 0 aliphatic heterocycles. The number of nitrogens with one attached hydrogen (secondary N) is 1. The van der Waals surface area contributed by atoms with Crippen molar-refractivity contribution in [2.75, 3.05) is 0 Å². The van der Waals surface area contributed by atoms with Gasteiger partial charge in [0.15, 0.2) is 8.96 Å². The molecule has 0 saturated heterocycles. The molecule has 3 rings (SSSR count). The molecule has 18 heavy (non-hydrogen) atoms. The number of hydrogen-bond acceptors (Lipinski definition) is 4. The second kappa shape index (κ2) is 4.47. The fourth-order valence-corrected chi connectivity index (χ4v) is 2.59. The van der Waals surface area contributed by atoms with Crippen LogP contribution < -0.4 is 0 Å². The van der Waals surface area contributed by atoms with E-state index in [0.717, 1.165) is 22.1 Å². The molecule has 0 spiro atoms. The fraction of sp³-hybridized carbons (Fsp3) is 0.0833. The molecule has 3 aromatic rings. The van der Waals surface area contributed by atoms with Crippen molar-refractivity contribution in [2.45, 2.75) is 6.92 Å². The summed E-state index contributed by atoms with van der Waals surface area (Å²) in [6, 6.07) is 12.0. The van der Waals surface area contributed by atoms with Crippen molar-refractivity contribution in [1.29, 1.82) is 0 Å². The Morgan fingerprint density at radius 3 is 2.72 bits per heavy atom. The van der Waals surface area contributed by atoms with Crippen LogP contribution in [0.3, 0.4) is 0 Å². The summed E-state index contributed by atoms with van der Waals surface area (Å²) in [6.45, 7) is 2.02. The molecule has 6 heteroatoms. The van der Waals surface area contributed by atoms with Crippen LogP contribution in [0.1, 0.15) is 5.69 Å². The standard InChI is InChI=1S/C12H10N4S2/c1-8-7-10(11-13-14-12(17)18-11)15-16(8)9-5-3-2-4-6-9/h2-7H,1H3,(H,14,17). The number of aromatic amines is 1. The number of hydrogen-bond donors (Lipinski definition) is 1. The van der Waals surface area contributed by atoms with Crippen molar-refractivity contribution in [3.63, 3.8) is 0 Å². The predicted molar refractivity (Wildman–Crippen MR) is 74.6 cm³/mol. The van der Waals surface area contributed by atoms with Gasteiger partial charge in [-0.3, -0.25) is 5.10 Å². The van der Waals surface area contributed by atoms with Crippen molar-refractivity contribution in [1.82, 2.24) is 20.0 Å². The van der Waals surface area contributed by atoms with Crippen molar-refractivity contribution in [3.8, 4) is 16.4 Å². The molecule has 2 aromatic heterocycles. The lowest BCUT2D eigenvalue weighted by Gasteiger charge is -2.02. The Balaban J connectivity index is 2.09.